The standard InChI is InChI=1S/C12H13N5/c1-2-3-11-15-6-7-17(11)12-5-4-9(14)10(8-13)16-12/h4-7H,2-3,14H2,1H3. The lowest BCUT2D eigenvalue weighted by Crippen LogP contribution is -2.04. The molecule has 0 spiro atoms. The number of hydrogen-bond acceptors (Lipinski definition) is 4. The normalized spacial score (nSPS) is 10.1. The molecule has 0 aliphatic rings. The molecule has 5 heteroatoms. The van der Waals surface area contributed by atoms with Crippen LogP contribution in [0.15, 0.2) is 24.5 Å². The molecule has 0 saturated carbocycles. The second-order valence-electron chi connectivity index (χ2n) is 3.68. The van der Waals surface area contributed by atoms with Gasteiger partial charge in [-0.3, -0.25) is 4.57 Å². The molecule has 0 aliphatic carbocycles. The minimum Gasteiger partial charge on any atom is -0.396 e. The van der Waals surface area contributed by atoms with Crippen molar-refractivity contribution in [1.29, 1.82) is 5.26 Å². The summed E-state index contributed by atoms with van der Waals surface area (Å²) in [5.74, 6) is 1.62. The van der Waals surface area contributed by atoms with Gasteiger partial charge in [-0.25, -0.2) is 9.97 Å². The van der Waals surface area contributed by atoms with Gasteiger partial charge in [-0.1, -0.05) is 6.92 Å². The number of aromatic nitrogens is 3. The van der Waals surface area contributed by atoms with Gasteiger partial charge in [0, 0.05) is 18.8 Å². The molecule has 17 heavy (non-hydrogen) atoms. The van der Waals surface area contributed by atoms with E-state index in [0.29, 0.717) is 11.5 Å². The van der Waals surface area contributed by atoms with Crippen molar-refractivity contribution >= 4 is 5.69 Å². The average Bonchev–Trinajstić information content (AvgIpc) is 2.78. The fraction of sp³-hybridized carbons (Fsp3) is 0.250. The predicted molar refractivity (Wildman–Crippen MR) is 64.5 cm³/mol. The molecule has 0 bridgehead atoms. The summed E-state index contributed by atoms with van der Waals surface area (Å²) >= 11 is 0. The Bertz CT molecular complexity index is 565. The van der Waals surface area contributed by atoms with Gasteiger partial charge in [0.1, 0.15) is 17.7 Å². The molecule has 0 atom stereocenters. The van der Waals surface area contributed by atoms with Gasteiger partial charge in [-0.15, -0.1) is 0 Å². The number of nitriles is 1. The van der Waals surface area contributed by atoms with E-state index in [-0.39, 0.29) is 5.69 Å². The first-order valence-electron chi connectivity index (χ1n) is 5.45. The number of hydrogen-bond donors (Lipinski definition) is 1. The number of nitrogen functional groups attached to an aromatic ring is 1. The van der Waals surface area contributed by atoms with Gasteiger partial charge in [0.15, 0.2) is 5.69 Å². The molecular weight excluding hydrogens is 214 g/mol. The number of rotatable bonds is 3. The highest BCUT2D eigenvalue weighted by molar-refractivity contribution is 5.52. The Balaban J connectivity index is 2.46. The molecule has 2 heterocycles. The van der Waals surface area contributed by atoms with Crippen LogP contribution in [0, 0.1) is 11.3 Å². The Hall–Kier alpha value is -2.35. The van der Waals surface area contributed by atoms with Crippen LogP contribution < -0.4 is 5.73 Å². The van der Waals surface area contributed by atoms with Gasteiger partial charge in [0.2, 0.25) is 0 Å². The third-order valence-corrected chi connectivity index (χ3v) is 2.46. The van der Waals surface area contributed by atoms with Crippen LogP contribution in [-0.4, -0.2) is 14.5 Å². The first-order valence-corrected chi connectivity index (χ1v) is 5.45. The van der Waals surface area contributed by atoms with E-state index in [0.717, 1.165) is 18.7 Å². The summed E-state index contributed by atoms with van der Waals surface area (Å²) in [5.41, 5.74) is 6.29. The minimum absolute atomic E-state index is 0.249. The maximum atomic E-state index is 8.90. The molecule has 0 aliphatic heterocycles. The van der Waals surface area contributed by atoms with Crippen LogP contribution in [0.5, 0.6) is 0 Å². The van der Waals surface area contributed by atoms with E-state index in [1.54, 1.807) is 18.3 Å². The van der Waals surface area contributed by atoms with Crippen molar-refractivity contribution in [3.63, 3.8) is 0 Å². The zero-order valence-corrected chi connectivity index (χ0v) is 9.59. The van der Waals surface area contributed by atoms with Gasteiger partial charge in [-0.2, -0.15) is 5.26 Å². The zero-order chi connectivity index (χ0) is 12.3. The molecule has 0 aromatic carbocycles. The Labute approximate surface area is 99.5 Å². The Morgan fingerprint density at radius 2 is 2.29 bits per heavy atom. The lowest BCUT2D eigenvalue weighted by molar-refractivity contribution is 0.797. The summed E-state index contributed by atoms with van der Waals surface area (Å²) < 4.78 is 1.88. The van der Waals surface area contributed by atoms with E-state index in [4.69, 9.17) is 11.0 Å². The van der Waals surface area contributed by atoms with E-state index in [9.17, 15) is 0 Å². The summed E-state index contributed by atoms with van der Waals surface area (Å²) in [6.45, 7) is 2.09. The fourth-order valence-electron chi connectivity index (χ4n) is 1.63. The lowest BCUT2D eigenvalue weighted by Gasteiger charge is -2.07. The molecule has 2 N–H and O–H groups in total. The van der Waals surface area contributed by atoms with Crippen molar-refractivity contribution < 1.29 is 0 Å². The molecule has 0 saturated heterocycles. The molecule has 0 radical (unpaired) electrons. The van der Waals surface area contributed by atoms with Crippen LogP contribution in [0.25, 0.3) is 5.82 Å². The van der Waals surface area contributed by atoms with Crippen molar-refractivity contribution in [3.8, 4) is 11.9 Å². The number of pyridine rings is 1. The SMILES string of the molecule is CCCc1nccn1-c1ccc(N)c(C#N)n1. The first-order chi connectivity index (χ1) is 8.26. The second kappa shape index (κ2) is 4.66. The number of imidazole rings is 1. The molecule has 5 nitrogen and oxygen atoms in total. The zero-order valence-electron chi connectivity index (χ0n) is 9.59. The van der Waals surface area contributed by atoms with E-state index in [1.807, 2.05) is 16.8 Å². The number of nitrogens with zero attached hydrogens (tertiary/aromatic N) is 4. The average molecular weight is 227 g/mol. The van der Waals surface area contributed by atoms with Gasteiger partial charge in [0.25, 0.3) is 0 Å². The Kier molecular flexibility index (Phi) is 3.06. The van der Waals surface area contributed by atoms with Crippen molar-refractivity contribution in [2.45, 2.75) is 19.8 Å². The van der Waals surface area contributed by atoms with Crippen LogP contribution >= 0.6 is 0 Å². The fourth-order valence-corrected chi connectivity index (χ4v) is 1.63. The van der Waals surface area contributed by atoms with Crippen molar-refractivity contribution in [3.05, 3.63) is 36.0 Å². The van der Waals surface area contributed by atoms with Crippen LogP contribution in [0.1, 0.15) is 24.9 Å². The number of nitrogens with two attached hydrogens (primary N) is 1. The molecule has 0 amide bonds. The molecule has 2 aromatic rings. The molecule has 0 fully saturated rings. The van der Waals surface area contributed by atoms with Gasteiger partial charge >= 0.3 is 0 Å². The highest BCUT2D eigenvalue weighted by Crippen LogP contribution is 2.14. The van der Waals surface area contributed by atoms with E-state index in [2.05, 4.69) is 16.9 Å². The summed E-state index contributed by atoms with van der Waals surface area (Å²) in [7, 11) is 0. The van der Waals surface area contributed by atoms with Crippen LogP contribution in [0.3, 0.4) is 0 Å². The topological polar surface area (TPSA) is 80.5 Å². The molecule has 2 aromatic heterocycles. The molecular formula is C12H13N5. The van der Waals surface area contributed by atoms with Gasteiger partial charge in [-0.05, 0) is 18.6 Å². The van der Waals surface area contributed by atoms with E-state index < -0.39 is 0 Å². The third kappa shape index (κ3) is 2.11. The monoisotopic (exact) mass is 227 g/mol. The van der Waals surface area contributed by atoms with Crippen molar-refractivity contribution in [2.24, 2.45) is 0 Å². The number of anilines is 1. The highest BCUT2D eigenvalue weighted by atomic mass is 15.1. The minimum atomic E-state index is 0.249. The lowest BCUT2D eigenvalue weighted by atomic mass is 10.3. The predicted octanol–water partition coefficient (Wildman–Crippen LogP) is 1.67. The number of aryl methyl sites for hydroxylation is 1. The third-order valence-electron chi connectivity index (χ3n) is 2.46. The van der Waals surface area contributed by atoms with Gasteiger partial charge < -0.3 is 5.73 Å². The van der Waals surface area contributed by atoms with E-state index >= 15 is 0 Å². The maximum absolute atomic E-state index is 8.90. The van der Waals surface area contributed by atoms with Crippen LogP contribution in [0.4, 0.5) is 5.69 Å². The maximum Gasteiger partial charge on any atom is 0.165 e. The van der Waals surface area contributed by atoms with Crippen LogP contribution in [-0.2, 0) is 6.42 Å². The van der Waals surface area contributed by atoms with Crippen molar-refractivity contribution in [2.75, 3.05) is 5.73 Å². The van der Waals surface area contributed by atoms with Crippen molar-refractivity contribution in [1.82, 2.24) is 14.5 Å². The Morgan fingerprint density at radius 3 is 3.00 bits per heavy atom. The largest absolute Gasteiger partial charge is 0.396 e. The summed E-state index contributed by atoms with van der Waals surface area (Å²) in [6.07, 6.45) is 5.46. The quantitative estimate of drug-likeness (QED) is 0.864. The molecule has 2 rings (SSSR count). The summed E-state index contributed by atoms with van der Waals surface area (Å²) in [6, 6.07) is 5.46. The highest BCUT2D eigenvalue weighted by Gasteiger charge is 2.07. The molecule has 86 valence electrons. The van der Waals surface area contributed by atoms with E-state index in [1.165, 1.54) is 0 Å². The second-order valence-corrected chi connectivity index (χ2v) is 3.68. The molecule has 0 unspecified atom stereocenters. The Morgan fingerprint density at radius 1 is 1.47 bits per heavy atom. The summed E-state index contributed by atoms with van der Waals surface area (Å²) in [4.78, 5) is 8.48. The smallest absolute Gasteiger partial charge is 0.165 e. The van der Waals surface area contributed by atoms with Crippen LogP contribution in [0.2, 0.25) is 0 Å². The summed E-state index contributed by atoms with van der Waals surface area (Å²) in [5, 5.41) is 8.90. The first kappa shape index (κ1) is 11.1. The van der Waals surface area contributed by atoms with Gasteiger partial charge in [0.05, 0.1) is 5.69 Å².